The Morgan fingerprint density at radius 2 is 1.64 bits per heavy atom. The van der Waals surface area contributed by atoms with E-state index in [1.165, 1.54) is 4.90 Å². The molecule has 0 radical (unpaired) electrons. The maximum atomic E-state index is 12.3. The number of hydrogen-bond donors (Lipinski definition) is 1. The van der Waals surface area contributed by atoms with Crippen molar-refractivity contribution < 1.29 is 19.2 Å². The smallest absolute Gasteiger partial charge is 0.261 e. The molecule has 1 saturated heterocycles. The molecular weight excluding hydrogens is 418 g/mol. The fourth-order valence-corrected chi connectivity index (χ4v) is 4.02. The standard InChI is InChI=1S/C26H25N3O4/c30-23(10-6-18-29-25(32)21-8-1-2-9-22(21)26(29)33)27-16-5-7-19-12-14-20(15-13-19)28-17-4-3-11-24(28)31/h1-2,8-9,12-15H,3-4,6,10-11,16-18H2,(H,27,30). The van der Waals surface area contributed by atoms with E-state index >= 15 is 0 Å². The molecular formula is C26H25N3O4. The Morgan fingerprint density at radius 3 is 2.30 bits per heavy atom. The van der Waals surface area contributed by atoms with Crippen LogP contribution in [0.1, 0.15) is 58.4 Å². The summed E-state index contributed by atoms with van der Waals surface area (Å²) in [5, 5.41) is 2.73. The van der Waals surface area contributed by atoms with E-state index in [1.54, 1.807) is 24.3 Å². The third-order valence-electron chi connectivity index (χ3n) is 5.77. The molecule has 2 aliphatic rings. The Morgan fingerprint density at radius 1 is 0.939 bits per heavy atom. The molecule has 2 aliphatic heterocycles. The van der Waals surface area contributed by atoms with E-state index in [0.29, 0.717) is 24.0 Å². The summed E-state index contributed by atoms with van der Waals surface area (Å²) >= 11 is 0. The topological polar surface area (TPSA) is 86.8 Å². The highest BCUT2D eigenvalue weighted by Crippen LogP contribution is 2.23. The van der Waals surface area contributed by atoms with Gasteiger partial charge in [0.1, 0.15) is 0 Å². The Labute approximate surface area is 192 Å². The van der Waals surface area contributed by atoms with Crippen molar-refractivity contribution in [2.75, 3.05) is 24.5 Å². The third-order valence-corrected chi connectivity index (χ3v) is 5.77. The van der Waals surface area contributed by atoms with E-state index in [1.807, 2.05) is 29.2 Å². The molecule has 1 N–H and O–H groups in total. The SMILES string of the molecule is O=C(CCCN1C(=O)c2ccccc2C1=O)NCC#Cc1ccc(N2CCCCC2=O)cc1. The van der Waals surface area contributed by atoms with Gasteiger partial charge in [0.05, 0.1) is 17.7 Å². The lowest BCUT2D eigenvalue weighted by molar-refractivity contribution is -0.121. The number of benzene rings is 2. The lowest BCUT2D eigenvalue weighted by Gasteiger charge is -2.26. The van der Waals surface area contributed by atoms with Crippen molar-refractivity contribution in [1.29, 1.82) is 0 Å². The molecule has 0 aliphatic carbocycles. The molecule has 0 unspecified atom stereocenters. The van der Waals surface area contributed by atoms with Gasteiger partial charge in [-0.3, -0.25) is 24.1 Å². The second-order valence-corrected chi connectivity index (χ2v) is 8.04. The van der Waals surface area contributed by atoms with Crippen LogP contribution in [0.5, 0.6) is 0 Å². The first-order chi connectivity index (χ1) is 16.0. The molecule has 7 heteroatoms. The van der Waals surface area contributed by atoms with E-state index in [2.05, 4.69) is 17.2 Å². The summed E-state index contributed by atoms with van der Waals surface area (Å²) in [4.78, 5) is 51.7. The van der Waals surface area contributed by atoms with Crippen LogP contribution in [-0.2, 0) is 9.59 Å². The van der Waals surface area contributed by atoms with Crippen molar-refractivity contribution in [3.05, 3.63) is 65.2 Å². The zero-order valence-corrected chi connectivity index (χ0v) is 18.3. The van der Waals surface area contributed by atoms with Gasteiger partial charge in [-0.25, -0.2) is 0 Å². The summed E-state index contributed by atoms with van der Waals surface area (Å²) in [5.74, 6) is 5.28. The van der Waals surface area contributed by atoms with Gasteiger partial charge >= 0.3 is 0 Å². The number of fused-ring (bicyclic) bond motifs is 1. The van der Waals surface area contributed by atoms with Gasteiger partial charge in [-0.1, -0.05) is 24.0 Å². The van der Waals surface area contributed by atoms with E-state index in [0.717, 1.165) is 30.6 Å². The van der Waals surface area contributed by atoms with Gasteiger partial charge in [0.15, 0.2) is 0 Å². The zero-order chi connectivity index (χ0) is 23.2. The molecule has 4 amide bonds. The van der Waals surface area contributed by atoms with Crippen LogP contribution in [0.15, 0.2) is 48.5 Å². The van der Waals surface area contributed by atoms with Crippen molar-refractivity contribution in [2.45, 2.75) is 32.1 Å². The molecule has 2 aromatic rings. The Hall–Kier alpha value is -3.92. The number of carbonyl (C=O) groups is 4. The quantitative estimate of drug-likeness (QED) is 0.549. The molecule has 7 nitrogen and oxygen atoms in total. The van der Waals surface area contributed by atoms with Gasteiger partial charge in [-0.15, -0.1) is 0 Å². The highest BCUT2D eigenvalue weighted by Gasteiger charge is 2.34. The second-order valence-electron chi connectivity index (χ2n) is 8.04. The van der Waals surface area contributed by atoms with Gasteiger partial charge in [0, 0.05) is 37.2 Å². The number of anilines is 1. The predicted molar refractivity (Wildman–Crippen MR) is 124 cm³/mol. The van der Waals surface area contributed by atoms with Crippen molar-refractivity contribution in [3.63, 3.8) is 0 Å². The Bertz CT molecular complexity index is 1110. The summed E-state index contributed by atoms with van der Waals surface area (Å²) in [6.45, 7) is 1.17. The minimum Gasteiger partial charge on any atom is -0.345 e. The fraction of sp³-hybridized carbons (Fsp3) is 0.308. The van der Waals surface area contributed by atoms with Crippen molar-refractivity contribution in [3.8, 4) is 11.8 Å². The van der Waals surface area contributed by atoms with Crippen LogP contribution in [0.3, 0.4) is 0 Å². The van der Waals surface area contributed by atoms with E-state index in [9.17, 15) is 19.2 Å². The number of nitrogens with zero attached hydrogens (tertiary/aromatic N) is 2. The molecule has 0 bridgehead atoms. The maximum absolute atomic E-state index is 12.3. The minimum atomic E-state index is -0.308. The van der Waals surface area contributed by atoms with Crippen LogP contribution in [0.25, 0.3) is 0 Å². The number of carbonyl (C=O) groups excluding carboxylic acids is 4. The second kappa shape index (κ2) is 10.1. The number of piperidine rings is 1. The Balaban J connectivity index is 1.19. The maximum Gasteiger partial charge on any atom is 0.261 e. The van der Waals surface area contributed by atoms with Crippen LogP contribution in [0.2, 0.25) is 0 Å². The summed E-state index contributed by atoms with van der Waals surface area (Å²) < 4.78 is 0. The first-order valence-corrected chi connectivity index (χ1v) is 11.2. The monoisotopic (exact) mass is 443 g/mol. The number of hydrogen-bond acceptors (Lipinski definition) is 4. The van der Waals surface area contributed by atoms with Gasteiger partial charge in [0.2, 0.25) is 11.8 Å². The van der Waals surface area contributed by atoms with Gasteiger partial charge in [-0.2, -0.15) is 0 Å². The fourth-order valence-electron chi connectivity index (χ4n) is 4.02. The van der Waals surface area contributed by atoms with E-state index < -0.39 is 0 Å². The largest absolute Gasteiger partial charge is 0.345 e. The predicted octanol–water partition coefficient (Wildman–Crippen LogP) is 2.75. The molecule has 2 aromatic carbocycles. The summed E-state index contributed by atoms with van der Waals surface area (Å²) in [7, 11) is 0. The lowest BCUT2D eigenvalue weighted by atomic mass is 10.1. The summed E-state index contributed by atoms with van der Waals surface area (Å²) in [5.41, 5.74) is 2.52. The highest BCUT2D eigenvalue weighted by atomic mass is 16.2. The van der Waals surface area contributed by atoms with Gasteiger partial charge in [-0.05, 0) is 55.7 Å². The molecule has 0 atom stereocenters. The number of rotatable bonds is 6. The number of imide groups is 1. The summed E-state index contributed by atoms with van der Waals surface area (Å²) in [6.07, 6.45) is 3.16. The number of nitrogens with one attached hydrogen (secondary N) is 1. The lowest BCUT2D eigenvalue weighted by Crippen LogP contribution is -2.35. The third kappa shape index (κ3) is 5.12. The average molecular weight is 444 g/mol. The number of amides is 4. The van der Waals surface area contributed by atoms with Crippen LogP contribution in [-0.4, -0.2) is 48.2 Å². The molecule has 168 valence electrons. The highest BCUT2D eigenvalue weighted by molar-refractivity contribution is 6.21. The molecule has 0 spiro atoms. The van der Waals surface area contributed by atoms with Gasteiger partial charge < -0.3 is 10.2 Å². The molecule has 33 heavy (non-hydrogen) atoms. The van der Waals surface area contributed by atoms with Crippen LogP contribution >= 0.6 is 0 Å². The molecule has 4 rings (SSSR count). The first-order valence-electron chi connectivity index (χ1n) is 11.2. The Kier molecular flexibility index (Phi) is 6.84. The summed E-state index contributed by atoms with van der Waals surface area (Å²) in [6, 6.07) is 14.3. The minimum absolute atomic E-state index is 0.158. The van der Waals surface area contributed by atoms with E-state index in [-0.39, 0.29) is 43.1 Å². The normalized spacial score (nSPS) is 15.2. The van der Waals surface area contributed by atoms with Gasteiger partial charge in [0.25, 0.3) is 11.8 Å². The van der Waals surface area contributed by atoms with E-state index in [4.69, 9.17) is 0 Å². The molecule has 2 heterocycles. The molecule has 0 aromatic heterocycles. The average Bonchev–Trinajstić information content (AvgIpc) is 3.08. The van der Waals surface area contributed by atoms with Crippen LogP contribution in [0, 0.1) is 11.8 Å². The van der Waals surface area contributed by atoms with Crippen LogP contribution < -0.4 is 10.2 Å². The van der Waals surface area contributed by atoms with Crippen molar-refractivity contribution in [1.82, 2.24) is 10.2 Å². The van der Waals surface area contributed by atoms with Crippen molar-refractivity contribution >= 4 is 29.3 Å². The molecule has 0 saturated carbocycles. The zero-order valence-electron chi connectivity index (χ0n) is 18.3. The van der Waals surface area contributed by atoms with Crippen molar-refractivity contribution in [2.24, 2.45) is 0 Å². The van der Waals surface area contributed by atoms with Crippen LogP contribution in [0.4, 0.5) is 5.69 Å². The molecule has 1 fully saturated rings. The first kappa shape index (κ1) is 22.3.